The first-order valence-corrected chi connectivity index (χ1v) is 29.0. The number of rotatable bonds is 39. The van der Waals surface area contributed by atoms with Crippen molar-refractivity contribution in [3.8, 4) is 0 Å². The molecule has 4 rings (SSSR count). The molecule has 2 aliphatic rings. The Kier molecular flexibility index (Phi) is 25.9. The molecular weight excluding hydrogens is 1030 g/mol. The van der Waals surface area contributed by atoms with Crippen LogP contribution >= 0.6 is 0 Å². The van der Waals surface area contributed by atoms with Crippen LogP contribution in [0.4, 0.5) is 11.4 Å². The molecule has 0 bridgehead atoms. The van der Waals surface area contributed by atoms with E-state index >= 15 is 0 Å². The van der Waals surface area contributed by atoms with Crippen LogP contribution in [0, 0.1) is 0 Å². The highest BCUT2D eigenvalue weighted by Gasteiger charge is 2.48. The summed E-state index contributed by atoms with van der Waals surface area (Å²) >= 11 is 0. The number of allylic oxidation sites excluding steroid dienone is 6. The number of aliphatic carboxylic acids is 1. The average Bonchev–Trinajstić information content (AvgIpc) is 3.70. The lowest BCUT2D eigenvalue weighted by molar-refractivity contribution is -0.437. The summed E-state index contributed by atoms with van der Waals surface area (Å²) in [6.07, 6.45) is 11.5. The average molecular weight is 1100 g/mol. The molecule has 0 fully saturated rings. The lowest BCUT2D eigenvalue weighted by atomic mass is 9.76. The first kappa shape index (κ1) is 62.5. The molecule has 0 radical (unpaired) electrons. The largest absolute Gasteiger partial charge is 0.481 e. The number of ether oxygens (including phenoxy) is 8. The minimum atomic E-state index is -4.63. The van der Waals surface area contributed by atoms with Crippen molar-refractivity contribution in [2.75, 3.05) is 130 Å². The van der Waals surface area contributed by atoms with Crippen LogP contribution < -0.4 is 4.90 Å². The van der Waals surface area contributed by atoms with Gasteiger partial charge in [0.15, 0.2) is 5.71 Å². The van der Waals surface area contributed by atoms with Crippen LogP contribution in [0.25, 0.3) is 0 Å². The number of hydrogen-bond acceptors (Lipinski definition) is 16. The van der Waals surface area contributed by atoms with E-state index in [1.165, 1.54) is 24.3 Å². The molecule has 2 unspecified atom stereocenters. The van der Waals surface area contributed by atoms with Crippen LogP contribution in [0.2, 0.25) is 0 Å². The van der Waals surface area contributed by atoms with Gasteiger partial charge in [-0.3, -0.25) is 18.5 Å². The molecule has 0 aromatic heterocycles. The van der Waals surface area contributed by atoms with Gasteiger partial charge in [-0.05, 0) is 81.5 Å². The van der Waals surface area contributed by atoms with Gasteiger partial charge < -0.3 is 47.9 Å². The number of hydrogen-bond donors (Lipinski definition) is 4. The van der Waals surface area contributed by atoms with Gasteiger partial charge >= 0.3 is 5.97 Å². The summed E-state index contributed by atoms with van der Waals surface area (Å²) in [5.41, 5.74) is 2.09. The van der Waals surface area contributed by atoms with Crippen LogP contribution in [-0.4, -0.2) is 186 Å². The fourth-order valence-corrected chi connectivity index (χ4v) is 10.3. The van der Waals surface area contributed by atoms with Gasteiger partial charge in [-0.2, -0.15) is 29.8 Å². The van der Waals surface area contributed by atoms with Crippen molar-refractivity contribution < 1.29 is 91.3 Å². The predicted octanol–water partition coefficient (Wildman–Crippen LogP) is 5.41. The maximum absolute atomic E-state index is 12.5. The van der Waals surface area contributed by atoms with Crippen LogP contribution in [-0.2, 0) is 83.9 Å². The van der Waals surface area contributed by atoms with E-state index in [9.17, 15) is 48.8 Å². The Morgan fingerprint density at radius 2 is 1.11 bits per heavy atom. The molecule has 0 aliphatic carbocycles. The lowest BCUT2D eigenvalue weighted by Crippen LogP contribution is -2.33. The molecule has 2 aromatic carbocycles. The number of anilines is 1. The number of nitrogens with zero attached hydrogens (tertiary/aromatic N) is 2. The Hall–Kier alpha value is -3.99. The molecule has 24 heteroatoms. The molecule has 4 N–H and O–H groups in total. The van der Waals surface area contributed by atoms with Crippen molar-refractivity contribution in [3.63, 3.8) is 0 Å². The zero-order chi connectivity index (χ0) is 54.3. The molecule has 2 atom stereocenters. The van der Waals surface area contributed by atoms with Crippen LogP contribution in [0.15, 0.2) is 82.3 Å². The minimum Gasteiger partial charge on any atom is -0.481 e. The van der Waals surface area contributed by atoms with E-state index in [0.29, 0.717) is 126 Å². The fraction of sp³-hybridized carbons (Fsp3) is 0.600. The molecule has 2 aliphatic heterocycles. The Balaban J connectivity index is 1.69. The van der Waals surface area contributed by atoms with Crippen molar-refractivity contribution in [1.82, 2.24) is 0 Å². The molecule has 74 heavy (non-hydrogen) atoms. The maximum Gasteiger partial charge on any atom is 0.303 e. The summed E-state index contributed by atoms with van der Waals surface area (Å²) in [5.74, 6) is -1.42. The van der Waals surface area contributed by atoms with E-state index in [1.807, 2.05) is 36.7 Å². The highest BCUT2D eigenvalue weighted by Crippen LogP contribution is 2.51. The van der Waals surface area contributed by atoms with Gasteiger partial charge in [-0.25, -0.2) is 0 Å². The normalized spacial score (nSPS) is 18.7. The second-order valence-corrected chi connectivity index (χ2v) is 22.4. The molecule has 21 nitrogen and oxygen atoms in total. The number of unbranched alkanes of at least 4 members (excludes halogenated alkanes) is 2. The third kappa shape index (κ3) is 19.5. The smallest absolute Gasteiger partial charge is 0.303 e. The second-order valence-electron chi connectivity index (χ2n) is 18.0. The van der Waals surface area contributed by atoms with Crippen LogP contribution in [0.1, 0.15) is 69.9 Å². The van der Waals surface area contributed by atoms with E-state index in [1.54, 1.807) is 38.5 Å². The Labute approximate surface area is 436 Å². The first-order chi connectivity index (χ1) is 35.2. The molecule has 2 aromatic rings. The minimum absolute atomic E-state index is 0.0162. The van der Waals surface area contributed by atoms with Crippen molar-refractivity contribution in [2.24, 2.45) is 0 Å². The second kappa shape index (κ2) is 30.7. The highest BCUT2D eigenvalue weighted by molar-refractivity contribution is 7.86. The topological polar surface area (TPSA) is 280 Å². The molecule has 416 valence electrons. The lowest BCUT2D eigenvalue weighted by Gasteiger charge is -2.30. The van der Waals surface area contributed by atoms with Gasteiger partial charge in [-0.1, -0.05) is 24.6 Å². The standard InChI is InChI=1S/C50H74N2O19S3/c1-49(19-23-66-29-31-70-35-33-68-27-25-64-3)42-38-40(73(58,59)60)15-17-44(42)51(21-10-6-9-14-48(53)54)46(49)12-7-5-8-13-47-50(2,20-24-67-30-32-71-36-34-69-28-26-65-4)43-39-41(74(61,62)63)16-18-45(43)52(47)22-11-37-72(55,56)57/h5,7-8,12-13,15-18,38-39H,6,9-11,14,19-37H2,1-4H3,(H3-,53,54,55,56,57,58,59,60,61,62,63)/p+1. The number of carboxylic acids is 1. The number of carbonyl (C=O) groups is 1. The quantitative estimate of drug-likeness (QED) is 0.0282. The van der Waals surface area contributed by atoms with E-state index < -0.39 is 52.9 Å². The van der Waals surface area contributed by atoms with Gasteiger partial charge in [0.25, 0.3) is 30.4 Å². The molecule has 0 amide bonds. The molecule has 0 saturated carbocycles. The molecule has 0 saturated heterocycles. The third-order valence-electron chi connectivity index (χ3n) is 12.6. The van der Waals surface area contributed by atoms with Gasteiger partial charge in [-0.15, -0.1) is 0 Å². The monoisotopic (exact) mass is 1100 g/mol. The Morgan fingerprint density at radius 1 is 0.608 bits per heavy atom. The van der Waals surface area contributed by atoms with E-state index in [0.717, 1.165) is 5.70 Å². The van der Waals surface area contributed by atoms with Crippen LogP contribution in [0.5, 0.6) is 0 Å². The summed E-state index contributed by atoms with van der Waals surface area (Å²) in [4.78, 5) is 12.8. The zero-order valence-corrected chi connectivity index (χ0v) is 45.3. The summed E-state index contributed by atoms with van der Waals surface area (Å²) < 4.78 is 149. The SMILES string of the molecule is COCCOCCOCCOCCC1(C)C(=CC=CC=CC2=[N+](CCCS(=O)(=O)O)c3ccc(S(=O)(=O)O)cc3C2(C)CCOCCOCCOCCOC)N(CCCCCC(=O)O)c2ccc(S(=O)(=O)O)cc21. The van der Waals surface area contributed by atoms with Crippen molar-refractivity contribution in [3.05, 3.63) is 83.6 Å². The summed E-state index contributed by atoms with van der Waals surface area (Å²) in [7, 11) is -10.4. The van der Waals surface area contributed by atoms with Gasteiger partial charge in [0, 0.05) is 81.3 Å². The van der Waals surface area contributed by atoms with Crippen LogP contribution in [0.3, 0.4) is 0 Å². The van der Waals surface area contributed by atoms with Crippen molar-refractivity contribution in [2.45, 2.75) is 79.4 Å². The molecule has 0 spiro atoms. The summed E-state index contributed by atoms with van der Waals surface area (Å²) in [6.45, 7) is 9.36. The maximum atomic E-state index is 12.5. The predicted molar refractivity (Wildman–Crippen MR) is 276 cm³/mol. The molecular formula is C50H75N2O19S3+. The van der Waals surface area contributed by atoms with E-state index in [4.69, 9.17) is 37.9 Å². The number of carboxylic acid groups (broad SMARTS) is 1. The van der Waals surface area contributed by atoms with E-state index in [2.05, 4.69) is 4.90 Å². The summed E-state index contributed by atoms with van der Waals surface area (Å²) in [5, 5.41) is 9.26. The van der Waals surface area contributed by atoms with Gasteiger partial charge in [0.1, 0.15) is 6.54 Å². The molecule has 2 heterocycles. The number of fused-ring (bicyclic) bond motifs is 2. The first-order valence-electron chi connectivity index (χ1n) is 24.5. The van der Waals surface area contributed by atoms with E-state index in [-0.39, 0.29) is 62.2 Å². The number of methoxy groups -OCH3 is 2. The number of benzene rings is 2. The summed E-state index contributed by atoms with van der Waals surface area (Å²) in [6, 6.07) is 8.68. The van der Waals surface area contributed by atoms with Crippen molar-refractivity contribution >= 4 is 53.4 Å². The highest BCUT2D eigenvalue weighted by atomic mass is 32.2. The Morgan fingerprint density at radius 3 is 1.62 bits per heavy atom. The third-order valence-corrected chi connectivity index (χ3v) is 15.1. The van der Waals surface area contributed by atoms with Gasteiger partial charge in [0.2, 0.25) is 5.69 Å². The Bertz CT molecular complexity index is 2580. The van der Waals surface area contributed by atoms with Crippen molar-refractivity contribution in [1.29, 1.82) is 0 Å². The zero-order valence-electron chi connectivity index (χ0n) is 42.9. The van der Waals surface area contributed by atoms with Gasteiger partial charge in [0.05, 0.1) is 100 Å². The fourth-order valence-electron chi connectivity index (χ4n) is 8.80.